The minimum absolute atomic E-state index is 0.323. The van der Waals surface area contributed by atoms with Gasteiger partial charge in [-0.3, -0.25) is 4.98 Å². The Morgan fingerprint density at radius 2 is 1.66 bits per heavy atom. The summed E-state index contributed by atoms with van der Waals surface area (Å²) in [5.74, 6) is 3.09. The first-order chi connectivity index (χ1) is 14.2. The maximum Gasteiger partial charge on any atom is 0.176 e. The zero-order valence-corrected chi connectivity index (χ0v) is 16.7. The van der Waals surface area contributed by atoms with Crippen LogP contribution in [0.2, 0.25) is 0 Å². The van der Waals surface area contributed by atoms with Crippen LogP contribution in [0.4, 0.5) is 0 Å². The number of nitrogens with zero attached hydrogens (tertiary/aromatic N) is 2. The van der Waals surface area contributed by atoms with Gasteiger partial charge in [-0.1, -0.05) is 0 Å². The molecule has 0 amide bonds. The Morgan fingerprint density at radius 1 is 0.931 bits per heavy atom. The monoisotopic (exact) mass is 397 g/mol. The fraction of sp³-hybridized carbons (Fsp3) is 0.238. The van der Waals surface area contributed by atoms with Crippen molar-refractivity contribution in [1.29, 1.82) is 5.26 Å². The fourth-order valence-corrected chi connectivity index (χ4v) is 2.71. The predicted molar refractivity (Wildman–Crippen MR) is 109 cm³/mol. The Morgan fingerprint density at radius 3 is 2.31 bits per heavy atom. The molecule has 0 saturated carbocycles. The molecule has 29 heavy (non-hydrogen) atoms. The van der Waals surface area contributed by atoms with Gasteiger partial charge in [0.15, 0.2) is 17.7 Å². The Kier molecular flexibility index (Phi) is 7.88. The molecule has 3 aromatic rings. The molecule has 0 spiro atoms. The first-order valence-electron chi connectivity index (χ1n) is 8.62. The lowest BCUT2D eigenvalue weighted by atomic mass is 10.1. The normalized spacial score (nSPS) is 9.66. The number of benzene rings is 2. The van der Waals surface area contributed by atoms with Crippen LogP contribution >= 0.6 is 0 Å². The molecular formula is C21H23N3O5. The van der Waals surface area contributed by atoms with Crippen LogP contribution in [0.3, 0.4) is 0 Å². The first-order valence-corrected chi connectivity index (χ1v) is 8.62. The number of aliphatic hydroxyl groups is 1. The van der Waals surface area contributed by atoms with E-state index < -0.39 is 0 Å². The second-order valence-corrected chi connectivity index (χ2v) is 5.57. The van der Waals surface area contributed by atoms with E-state index in [-0.39, 0.29) is 0 Å². The van der Waals surface area contributed by atoms with Gasteiger partial charge in [0, 0.05) is 30.3 Å². The second kappa shape index (κ2) is 10.6. The topological polar surface area (TPSA) is 106 Å². The standard InChI is InChI=1S/C20H19N3O4.CH4O/c1-24-14-4-5-17(13(8-14)11-22-12-21)27-18-6-7-23-16-10-20(26-3)19(25-2)9-15(16)18;1-2/h4-10,22H,11H2,1-3H3;2H,1H3. The van der Waals surface area contributed by atoms with Crippen molar-refractivity contribution >= 4 is 10.9 Å². The van der Waals surface area contributed by atoms with Crippen molar-refractivity contribution < 1.29 is 24.1 Å². The van der Waals surface area contributed by atoms with Crippen LogP contribution in [-0.4, -0.2) is 38.5 Å². The first kappa shape index (κ1) is 21.6. The van der Waals surface area contributed by atoms with Gasteiger partial charge in [0.2, 0.25) is 0 Å². The van der Waals surface area contributed by atoms with Gasteiger partial charge in [-0.15, -0.1) is 0 Å². The zero-order valence-electron chi connectivity index (χ0n) is 16.7. The third-order valence-electron chi connectivity index (χ3n) is 4.05. The molecule has 0 bridgehead atoms. The number of hydrogen-bond donors (Lipinski definition) is 2. The van der Waals surface area contributed by atoms with Crippen LogP contribution in [0, 0.1) is 11.5 Å². The molecule has 0 saturated heterocycles. The summed E-state index contributed by atoms with van der Waals surface area (Å²) in [5, 5.41) is 19.2. The highest BCUT2D eigenvalue weighted by atomic mass is 16.5. The highest BCUT2D eigenvalue weighted by molar-refractivity contribution is 5.88. The van der Waals surface area contributed by atoms with E-state index in [0.717, 1.165) is 23.6 Å². The van der Waals surface area contributed by atoms with Crippen molar-refractivity contribution in [3.63, 3.8) is 0 Å². The number of hydrogen-bond acceptors (Lipinski definition) is 8. The Hall–Kier alpha value is -3.70. The van der Waals surface area contributed by atoms with E-state index in [1.54, 1.807) is 51.8 Å². The minimum Gasteiger partial charge on any atom is -0.497 e. The summed E-state index contributed by atoms with van der Waals surface area (Å²) in [7, 11) is 5.75. The second-order valence-electron chi connectivity index (χ2n) is 5.57. The third-order valence-corrected chi connectivity index (χ3v) is 4.05. The molecule has 0 aliphatic carbocycles. The zero-order chi connectivity index (χ0) is 21.2. The van der Waals surface area contributed by atoms with Gasteiger partial charge in [0.1, 0.15) is 17.2 Å². The van der Waals surface area contributed by atoms with Gasteiger partial charge in [-0.25, -0.2) is 0 Å². The molecule has 2 N–H and O–H groups in total. The van der Waals surface area contributed by atoms with E-state index in [1.165, 1.54) is 0 Å². The number of fused-ring (bicyclic) bond motifs is 1. The number of rotatable bonds is 7. The Balaban J connectivity index is 0.00000145. The van der Waals surface area contributed by atoms with Crippen LogP contribution in [0.1, 0.15) is 5.56 Å². The maximum absolute atomic E-state index is 8.82. The molecule has 2 aromatic carbocycles. The lowest BCUT2D eigenvalue weighted by Crippen LogP contribution is -2.06. The number of nitriles is 1. The Labute approximate surface area is 169 Å². The van der Waals surface area contributed by atoms with Crippen LogP contribution in [0.15, 0.2) is 42.6 Å². The van der Waals surface area contributed by atoms with E-state index in [4.69, 9.17) is 29.3 Å². The smallest absolute Gasteiger partial charge is 0.176 e. The van der Waals surface area contributed by atoms with Crippen molar-refractivity contribution in [2.24, 2.45) is 0 Å². The van der Waals surface area contributed by atoms with E-state index in [9.17, 15) is 0 Å². The van der Waals surface area contributed by atoms with Crippen LogP contribution in [0.5, 0.6) is 28.7 Å². The molecule has 0 radical (unpaired) electrons. The molecule has 1 aromatic heterocycles. The van der Waals surface area contributed by atoms with Gasteiger partial charge in [0.05, 0.1) is 33.4 Å². The number of aliphatic hydroxyl groups excluding tert-OH is 1. The minimum atomic E-state index is 0.323. The lowest BCUT2D eigenvalue weighted by molar-refractivity contribution is 0.355. The molecule has 0 atom stereocenters. The number of ether oxygens (including phenoxy) is 4. The molecule has 0 unspecified atom stereocenters. The SMILES string of the molecule is CO.COc1ccc(Oc2ccnc3cc(OC)c(OC)cc23)c(CNC#N)c1. The van der Waals surface area contributed by atoms with Crippen LogP contribution in [0.25, 0.3) is 10.9 Å². The highest BCUT2D eigenvalue weighted by Gasteiger charge is 2.13. The average Bonchev–Trinajstić information content (AvgIpc) is 2.78. The number of methoxy groups -OCH3 is 3. The van der Waals surface area contributed by atoms with Gasteiger partial charge in [-0.05, 0) is 30.3 Å². The summed E-state index contributed by atoms with van der Waals surface area (Å²) in [6, 6.07) is 10.8. The summed E-state index contributed by atoms with van der Waals surface area (Å²) >= 11 is 0. The maximum atomic E-state index is 8.82. The molecule has 3 rings (SSSR count). The molecule has 0 aliphatic heterocycles. The summed E-state index contributed by atoms with van der Waals surface area (Å²) in [6.07, 6.45) is 3.58. The highest BCUT2D eigenvalue weighted by Crippen LogP contribution is 2.38. The van der Waals surface area contributed by atoms with E-state index in [1.807, 2.05) is 18.3 Å². The van der Waals surface area contributed by atoms with E-state index in [0.29, 0.717) is 35.3 Å². The largest absolute Gasteiger partial charge is 0.497 e. The van der Waals surface area contributed by atoms with Gasteiger partial charge >= 0.3 is 0 Å². The molecule has 152 valence electrons. The number of nitrogens with one attached hydrogen (secondary N) is 1. The lowest BCUT2D eigenvalue weighted by Gasteiger charge is -2.15. The number of pyridine rings is 1. The van der Waals surface area contributed by atoms with Crippen LogP contribution in [-0.2, 0) is 6.54 Å². The van der Waals surface area contributed by atoms with E-state index in [2.05, 4.69) is 10.3 Å². The molecule has 0 fully saturated rings. The third kappa shape index (κ3) is 4.97. The summed E-state index contributed by atoms with van der Waals surface area (Å²) in [4.78, 5) is 4.38. The van der Waals surface area contributed by atoms with Crippen molar-refractivity contribution in [3.05, 3.63) is 48.2 Å². The van der Waals surface area contributed by atoms with Crippen molar-refractivity contribution in [2.75, 3.05) is 28.4 Å². The van der Waals surface area contributed by atoms with E-state index >= 15 is 0 Å². The summed E-state index contributed by atoms with van der Waals surface area (Å²) in [6.45, 7) is 0.323. The predicted octanol–water partition coefficient (Wildman–Crippen LogP) is 3.23. The van der Waals surface area contributed by atoms with Gasteiger partial charge in [-0.2, -0.15) is 5.26 Å². The van der Waals surface area contributed by atoms with Gasteiger partial charge < -0.3 is 29.4 Å². The molecule has 1 heterocycles. The summed E-state index contributed by atoms with van der Waals surface area (Å²) < 4.78 is 22.1. The quantitative estimate of drug-likeness (QED) is 0.462. The molecule has 0 aliphatic rings. The fourth-order valence-electron chi connectivity index (χ4n) is 2.71. The molecule has 8 nitrogen and oxygen atoms in total. The van der Waals surface area contributed by atoms with Crippen LogP contribution < -0.4 is 24.3 Å². The molecular weight excluding hydrogens is 374 g/mol. The summed E-state index contributed by atoms with van der Waals surface area (Å²) in [5.41, 5.74) is 1.51. The Bertz CT molecular complexity index is 1000. The van der Waals surface area contributed by atoms with Crippen molar-refractivity contribution in [3.8, 4) is 34.9 Å². The van der Waals surface area contributed by atoms with Gasteiger partial charge in [0.25, 0.3) is 0 Å². The van der Waals surface area contributed by atoms with Crippen molar-refractivity contribution in [1.82, 2.24) is 10.3 Å². The van der Waals surface area contributed by atoms with Crippen molar-refractivity contribution in [2.45, 2.75) is 6.54 Å². The number of aromatic nitrogens is 1. The molecule has 8 heteroatoms. The average molecular weight is 397 g/mol.